The summed E-state index contributed by atoms with van der Waals surface area (Å²) in [5.74, 6) is 2.02. The van der Waals surface area contributed by atoms with Crippen molar-refractivity contribution in [2.45, 2.75) is 32.1 Å². The lowest BCUT2D eigenvalue weighted by Gasteiger charge is -2.20. The number of hydrogen-bond acceptors (Lipinski definition) is 3. The normalized spacial score (nSPS) is 16.1. The van der Waals surface area contributed by atoms with Gasteiger partial charge in [-0.25, -0.2) is 0 Å². The summed E-state index contributed by atoms with van der Waals surface area (Å²) in [6, 6.07) is 8.19. The van der Waals surface area contributed by atoms with E-state index in [-0.39, 0.29) is 0 Å². The van der Waals surface area contributed by atoms with Crippen LogP contribution < -0.4 is 0 Å². The van der Waals surface area contributed by atoms with Gasteiger partial charge in [0.1, 0.15) is 0 Å². The summed E-state index contributed by atoms with van der Waals surface area (Å²) in [5.41, 5.74) is 2.27. The Labute approximate surface area is 94.5 Å². The van der Waals surface area contributed by atoms with E-state index in [4.69, 9.17) is 4.52 Å². The molecule has 0 aliphatic heterocycles. The van der Waals surface area contributed by atoms with Crippen LogP contribution in [0.15, 0.2) is 28.8 Å². The van der Waals surface area contributed by atoms with Gasteiger partial charge in [0.15, 0.2) is 0 Å². The quantitative estimate of drug-likeness (QED) is 0.769. The maximum absolute atomic E-state index is 5.29. The van der Waals surface area contributed by atoms with Crippen molar-refractivity contribution in [1.82, 2.24) is 10.1 Å². The zero-order chi connectivity index (χ0) is 11.0. The van der Waals surface area contributed by atoms with Crippen molar-refractivity contribution in [3.63, 3.8) is 0 Å². The molecule has 1 aliphatic rings. The molecule has 1 saturated carbocycles. The first-order valence-electron chi connectivity index (χ1n) is 5.73. The van der Waals surface area contributed by atoms with Crippen LogP contribution in [0.25, 0.3) is 11.4 Å². The highest BCUT2D eigenvalue weighted by atomic mass is 16.5. The molecule has 16 heavy (non-hydrogen) atoms. The highest BCUT2D eigenvalue weighted by Crippen LogP contribution is 2.35. The summed E-state index contributed by atoms with van der Waals surface area (Å²) in [6.07, 6.45) is 3.66. The molecule has 0 unspecified atom stereocenters. The fourth-order valence-corrected chi connectivity index (χ4v) is 1.88. The standard InChI is InChI=1S/C13H14N2O/c1-9-5-7-10(8-6-9)12-14-13(16-15-12)11-3-2-4-11/h5-8,11H,2-4H2,1H3. The van der Waals surface area contributed by atoms with Gasteiger partial charge in [-0.2, -0.15) is 4.98 Å². The second-order valence-electron chi connectivity index (χ2n) is 4.45. The third kappa shape index (κ3) is 1.62. The van der Waals surface area contributed by atoms with Crippen molar-refractivity contribution in [3.8, 4) is 11.4 Å². The predicted octanol–water partition coefficient (Wildman–Crippen LogP) is 3.31. The lowest BCUT2D eigenvalue weighted by Crippen LogP contribution is -2.08. The third-order valence-corrected chi connectivity index (χ3v) is 3.21. The van der Waals surface area contributed by atoms with Gasteiger partial charge in [0.25, 0.3) is 0 Å². The Morgan fingerprint density at radius 1 is 1.19 bits per heavy atom. The first-order valence-corrected chi connectivity index (χ1v) is 5.73. The van der Waals surface area contributed by atoms with E-state index in [0.717, 1.165) is 11.5 Å². The monoisotopic (exact) mass is 214 g/mol. The van der Waals surface area contributed by atoms with Gasteiger partial charge in [-0.15, -0.1) is 0 Å². The van der Waals surface area contributed by atoms with Gasteiger partial charge in [-0.1, -0.05) is 41.4 Å². The molecule has 0 bridgehead atoms. The molecule has 82 valence electrons. The van der Waals surface area contributed by atoms with Gasteiger partial charge < -0.3 is 4.52 Å². The topological polar surface area (TPSA) is 38.9 Å². The van der Waals surface area contributed by atoms with Crippen molar-refractivity contribution in [1.29, 1.82) is 0 Å². The molecule has 3 nitrogen and oxygen atoms in total. The van der Waals surface area contributed by atoms with E-state index in [1.807, 2.05) is 12.1 Å². The van der Waals surface area contributed by atoms with Gasteiger partial charge in [0.05, 0.1) is 0 Å². The highest BCUT2D eigenvalue weighted by Gasteiger charge is 2.25. The van der Waals surface area contributed by atoms with Gasteiger partial charge in [-0.05, 0) is 19.8 Å². The first kappa shape index (κ1) is 9.58. The van der Waals surface area contributed by atoms with Crippen LogP contribution in [0, 0.1) is 6.92 Å². The maximum atomic E-state index is 5.29. The number of nitrogens with zero attached hydrogens (tertiary/aromatic N) is 2. The van der Waals surface area contributed by atoms with Crippen molar-refractivity contribution < 1.29 is 4.52 Å². The summed E-state index contributed by atoms with van der Waals surface area (Å²) in [5, 5.41) is 4.03. The Morgan fingerprint density at radius 3 is 2.56 bits per heavy atom. The average molecular weight is 214 g/mol. The zero-order valence-corrected chi connectivity index (χ0v) is 9.31. The molecule has 0 N–H and O–H groups in total. The minimum absolute atomic E-state index is 0.506. The Hall–Kier alpha value is -1.64. The van der Waals surface area contributed by atoms with Crippen molar-refractivity contribution in [2.24, 2.45) is 0 Å². The number of rotatable bonds is 2. The summed E-state index contributed by atoms with van der Waals surface area (Å²) in [4.78, 5) is 4.45. The molecule has 0 amide bonds. The maximum Gasteiger partial charge on any atom is 0.230 e. The van der Waals surface area contributed by atoms with E-state index in [0.29, 0.717) is 11.7 Å². The molecule has 0 radical (unpaired) electrons. The molecule has 3 rings (SSSR count). The van der Waals surface area contributed by atoms with Crippen LogP contribution in [-0.4, -0.2) is 10.1 Å². The molecule has 2 aromatic rings. The van der Waals surface area contributed by atoms with Crippen LogP contribution >= 0.6 is 0 Å². The minimum Gasteiger partial charge on any atom is -0.339 e. The van der Waals surface area contributed by atoms with E-state index in [9.17, 15) is 0 Å². The number of benzene rings is 1. The van der Waals surface area contributed by atoms with Crippen LogP contribution in [0.2, 0.25) is 0 Å². The van der Waals surface area contributed by atoms with Crippen molar-refractivity contribution in [2.75, 3.05) is 0 Å². The average Bonchev–Trinajstić information content (AvgIpc) is 2.65. The van der Waals surface area contributed by atoms with Crippen LogP contribution in [0.1, 0.15) is 36.6 Å². The van der Waals surface area contributed by atoms with E-state index in [1.165, 1.54) is 24.8 Å². The summed E-state index contributed by atoms with van der Waals surface area (Å²) >= 11 is 0. The molecule has 0 atom stereocenters. The largest absolute Gasteiger partial charge is 0.339 e. The zero-order valence-electron chi connectivity index (χ0n) is 9.31. The Kier molecular flexibility index (Phi) is 2.24. The molecular formula is C13H14N2O. The molecule has 1 aromatic heterocycles. The van der Waals surface area contributed by atoms with Gasteiger partial charge in [0.2, 0.25) is 11.7 Å². The van der Waals surface area contributed by atoms with Crippen LogP contribution in [0.3, 0.4) is 0 Å². The Balaban J connectivity index is 1.88. The Morgan fingerprint density at radius 2 is 1.94 bits per heavy atom. The molecule has 1 fully saturated rings. The second-order valence-corrected chi connectivity index (χ2v) is 4.45. The highest BCUT2D eigenvalue weighted by molar-refractivity contribution is 5.54. The number of hydrogen-bond donors (Lipinski definition) is 0. The van der Waals surface area contributed by atoms with Crippen LogP contribution in [-0.2, 0) is 0 Å². The third-order valence-electron chi connectivity index (χ3n) is 3.21. The second kappa shape index (κ2) is 3.74. The smallest absolute Gasteiger partial charge is 0.230 e. The van der Waals surface area contributed by atoms with E-state index >= 15 is 0 Å². The van der Waals surface area contributed by atoms with Crippen LogP contribution in [0.5, 0.6) is 0 Å². The molecular weight excluding hydrogens is 200 g/mol. The van der Waals surface area contributed by atoms with Gasteiger partial charge in [-0.3, -0.25) is 0 Å². The first-order chi connectivity index (χ1) is 7.83. The fourth-order valence-electron chi connectivity index (χ4n) is 1.88. The van der Waals surface area contributed by atoms with Crippen LogP contribution in [0.4, 0.5) is 0 Å². The van der Waals surface area contributed by atoms with Gasteiger partial charge in [0, 0.05) is 11.5 Å². The molecule has 1 aliphatic carbocycles. The van der Waals surface area contributed by atoms with E-state index in [1.54, 1.807) is 0 Å². The molecule has 3 heteroatoms. The minimum atomic E-state index is 0.506. The van der Waals surface area contributed by atoms with Crippen molar-refractivity contribution >= 4 is 0 Å². The Bertz CT molecular complexity index is 483. The van der Waals surface area contributed by atoms with Gasteiger partial charge >= 0.3 is 0 Å². The molecule has 0 saturated heterocycles. The lowest BCUT2D eigenvalue weighted by atomic mass is 9.85. The lowest BCUT2D eigenvalue weighted by molar-refractivity contribution is 0.292. The van der Waals surface area contributed by atoms with E-state index < -0.39 is 0 Å². The summed E-state index contributed by atoms with van der Waals surface area (Å²) in [6.45, 7) is 2.07. The molecule has 0 spiro atoms. The fraction of sp³-hybridized carbons (Fsp3) is 0.385. The molecule has 1 aromatic carbocycles. The summed E-state index contributed by atoms with van der Waals surface area (Å²) in [7, 11) is 0. The number of aryl methyl sites for hydroxylation is 1. The molecule has 1 heterocycles. The van der Waals surface area contributed by atoms with E-state index in [2.05, 4.69) is 29.2 Å². The SMILES string of the molecule is Cc1ccc(-c2noc(C3CCC3)n2)cc1. The number of aromatic nitrogens is 2. The predicted molar refractivity (Wildman–Crippen MR) is 61.1 cm³/mol. The van der Waals surface area contributed by atoms with Crippen molar-refractivity contribution in [3.05, 3.63) is 35.7 Å². The summed E-state index contributed by atoms with van der Waals surface area (Å²) < 4.78 is 5.29.